The number of nitrogens with two attached hydrogens (primary N) is 1. The SMILES string of the molecule is COCC1CCN(C(CN)C(C)CC(C)C)CC1. The fourth-order valence-electron chi connectivity index (χ4n) is 3.33. The summed E-state index contributed by atoms with van der Waals surface area (Å²) < 4.78 is 5.26. The van der Waals surface area contributed by atoms with Gasteiger partial charge in [0.1, 0.15) is 0 Å². The second-order valence-electron chi connectivity index (χ2n) is 6.34. The Bertz CT molecular complexity index is 213. The second-order valence-corrected chi connectivity index (χ2v) is 6.34. The van der Waals surface area contributed by atoms with Crippen LogP contribution in [0.3, 0.4) is 0 Å². The highest BCUT2D eigenvalue weighted by Crippen LogP contribution is 2.24. The molecule has 2 atom stereocenters. The van der Waals surface area contributed by atoms with Crippen LogP contribution < -0.4 is 5.73 Å². The van der Waals surface area contributed by atoms with E-state index in [2.05, 4.69) is 25.7 Å². The van der Waals surface area contributed by atoms with E-state index in [-0.39, 0.29) is 0 Å². The number of likely N-dealkylation sites (tertiary alicyclic amines) is 1. The molecule has 3 heteroatoms. The molecule has 2 N–H and O–H groups in total. The van der Waals surface area contributed by atoms with Crippen LogP contribution in [0, 0.1) is 17.8 Å². The minimum Gasteiger partial charge on any atom is -0.384 e. The average Bonchev–Trinajstić information content (AvgIpc) is 2.31. The van der Waals surface area contributed by atoms with Gasteiger partial charge in [-0.05, 0) is 50.1 Å². The van der Waals surface area contributed by atoms with Crippen molar-refractivity contribution in [1.82, 2.24) is 4.90 Å². The van der Waals surface area contributed by atoms with Gasteiger partial charge in [-0.1, -0.05) is 20.8 Å². The lowest BCUT2D eigenvalue weighted by Crippen LogP contribution is -2.49. The van der Waals surface area contributed by atoms with Gasteiger partial charge in [-0.2, -0.15) is 0 Å². The average molecular weight is 256 g/mol. The van der Waals surface area contributed by atoms with Crippen LogP contribution in [0.25, 0.3) is 0 Å². The summed E-state index contributed by atoms with van der Waals surface area (Å²) in [4.78, 5) is 2.61. The molecule has 0 radical (unpaired) electrons. The minimum atomic E-state index is 0.566. The van der Waals surface area contributed by atoms with Crippen molar-refractivity contribution in [3.63, 3.8) is 0 Å². The zero-order chi connectivity index (χ0) is 13.5. The number of methoxy groups -OCH3 is 1. The summed E-state index contributed by atoms with van der Waals surface area (Å²) in [5.41, 5.74) is 6.01. The lowest BCUT2D eigenvalue weighted by atomic mass is 9.88. The van der Waals surface area contributed by atoms with E-state index in [0.717, 1.165) is 25.0 Å². The topological polar surface area (TPSA) is 38.5 Å². The maximum absolute atomic E-state index is 6.01. The monoisotopic (exact) mass is 256 g/mol. The first-order valence-electron chi connectivity index (χ1n) is 7.51. The molecule has 1 saturated heterocycles. The largest absolute Gasteiger partial charge is 0.384 e. The maximum atomic E-state index is 6.01. The summed E-state index contributed by atoms with van der Waals surface area (Å²) in [5, 5.41) is 0. The van der Waals surface area contributed by atoms with Crippen LogP contribution in [0.4, 0.5) is 0 Å². The van der Waals surface area contributed by atoms with Crippen LogP contribution in [0.15, 0.2) is 0 Å². The summed E-state index contributed by atoms with van der Waals surface area (Å²) in [6.45, 7) is 11.1. The van der Waals surface area contributed by atoms with E-state index < -0.39 is 0 Å². The molecule has 0 aromatic rings. The fourth-order valence-corrected chi connectivity index (χ4v) is 3.33. The van der Waals surface area contributed by atoms with E-state index in [1.165, 1.54) is 32.4 Å². The van der Waals surface area contributed by atoms with Gasteiger partial charge in [-0.3, -0.25) is 4.90 Å². The van der Waals surface area contributed by atoms with Gasteiger partial charge in [0.2, 0.25) is 0 Å². The van der Waals surface area contributed by atoms with Crippen molar-refractivity contribution in [2.75, 3.05) is 33.4 Å². The molecule has 0 aromatic heterocycles. The van der Waals surface area contributed by atoms with Crippen molar-refractivity contribution in [2.45, 2.75) is 46.1 Å². The van der Waals surface area contributed by atoms with Crippen LogP contribution in [-0.2, 0) is 4.74 Å². The molecular formula is C15H32N2O. The predicted molar refractivity (Wildman–Crippen MR) is 77.6 cm³/mol. The first-order valence-corrected chi connectivity index (χ1v) is 7.51. The summed E-state index contributed by atoms with van der Waals surface area (Å²) in [5.74, 6) is 2.22. The van der Waals surface area contributed by atoms with Crippen LogP contribution >= 0.6 is 0 Å². The Labute approximate surface area is 113 Å². The number of hydrogen-bond acceptors (Lipinski definition) is 3. The van der Waals surface area contributed by atoms with Crippen LogP contribution in [0.2, 0.25) is 0 Å². The Morgan fingerprint density at radius 2 is 1.83 bits per heavy atom. The van der Waals surface area contributed by atoms with Gasteiger partial charge in [0.05, 0.1) is 0 Å². The van der Waals surface area contributed by atoms with Crippen LogP contribution in [0.5, 0.6) is 0 Å². The highest BCUT2D eigenvalue weighted by atomic mass is 16.5. The van der Waals surface area contributed by atoms with Crippen LogP contribution in [-0.4, -0.2) is 44.3 Å². The van der Waals surface area contributed by atoms with Crippen molar-refractivity contribution >= 4 is 0 Å². The molecule has 0 bridgehead atoms. The van der Waals surface area contributed by atoms with Crippen molar-refractivity contribution in [1.29, 1.82) is 0 Å². The molecular weight excluding hydrogens is 224 g/mol. The van der Waals surface area contributed by atoms with E-state index >= 15 is 0 Å². The Kier molecular flexibility index (Phi) is 7.20. The third kappa shape index (κ3) is 4.87. The van der Waals surface area contributed by atoms with Crippen molar-refractivity contribution in [3.8, 4) is 0 Å². The first kappa shape index (κ1) is 15.9. The molecule has 0 spiro atoms. The predicted octanol–water partition coefficient (Wildman–Crippen LogP) is 2.35. The molecule has 108 valence electrons. The first-order chi connectivity index (χ1) is 8.58. The number of piperidine rings is 1. The molecule has 1 aliphatic heterocycles. The molecule has 3 nitrogen and oxygen atoms in total. The zero-order valence-corrected chi connectivity index (χ0v) is 12.7. The van der Waals surface area contributed by atoms with Gasteiger partial charge in [0.25, 0.3) is 0 Å². The summed E-state index contributed by atoms with van der Waals surface area (Å²) >= 11 is 0. The number of nitrogens with zero attached hydrogens (tertiary/aromatic N) is 1. The van der Waals surface area contributed by atoms with Crippen molar-refractivity contribution in [3.05, 3.63) is 0 Å². The zero-order valence-electron chi connectivity index (χ0n) is 12.7. The molecule has 18 heavy (non-hydrogen) atoms. The highest BCUT2D eigenvalue weighted by molar-refractivity contribution is 4.82. The number of ether oxygens (including phenoxy) is 1. The summed E-state index contributed by atoms with van der Waals surface area (Å²) in [6, 6.07) is 0.566. The fraction of sp³-hybridized carbons (Fsp3) is 1.00. The highest BCUT2D eigenvalue weighted by Gasteiger charge is 2.27. The normalized spacial score (nSPS) is 22.3. The van der Waals surface area contributed by atoms with E-state index in [1.807, 2.05) is 0 Å². The summed E-state index contributed by atoms with van der Waals surface area (Å²) in [6.07, 6.45) is 3.80. The molecule has 1 rings (SSSR count). The Balaban J connectivity index is 2.42. The molecule has 0 aromatic carbocycles. The van der Waals surface area contributed by atoms with Gasteiger partial charge in [0, 0.05) is 26.3 Å². The number of rotatable bonds is 7. The Hall–Kier alpha value is -0.120. The molecule has 2 unspecified atom stereocenters. The van der Waals surface area contributed by atoms with Gasteiger partial charge >= 0.3 is 0 Å². The van der Waals surface area contributed by atoms with Gasteiger partial charge < -0.3 is 10.5 Å². The Morgan fingerprint density at radius 3 is 2.28 bits per heavy atom. The van der Waals surface area contributed by atoms with Gasteiger partial charge in [0.15, 0.2) is 0 Å². The molecule has 1 aliphatic rings. The lowest BCUT2D eigenvalue weighted by Gasteiger charge is -2.40. The molecule has 1 fully saturated rings. The smallest absolute Gasteiger partial charge is 0.0491 e. The van der Waals surface area contributed by atoms with E-state index in [4.69, 9.17) is 10.5 Å². The standard InChI is InChI=1S/C15H32N2O/c1-12(2)9-13(3)15(10-16)17-7-5-14(6-8-17)11-18-4/h12-15H,5-11,16H2,1-4H3. The van der Waals surface area contributed by atoms with Crippen molar-refractivity contribution < 1.29 is 4.74 Å². The molecule has 0 saturated carbocycles. The third-order valence-electron chi connectivity index (χ3n) is 4.26. The van der Waals surface area contributed by atoms with E-state index in [1.54, 1.807) is 7.11 Å². The lowest BCUT2D eigenvalue weighted by molar-refractivity contribution is 0.0629. The van der Waals surface area contributed by atoms with E-state index in [9.17, 15) is 0 Å². The van der Waals surface area contributed by atoms with Crippen molar-refractivity contribution in [2.24, 2.45) is 23.5 Å². The Morgan fingerprint density at radius 1 is 1.22 bits per heavy atom. The second kappa shape index (κ2) is 8.13. The third-order valence-corrected chi connectivity index (χ3v) is 4.26. The molecule has 0 amide bonds. The quantitative estimate of drug-likeness (QED) is 0.760. The van der Waals surface area contributed by atoms with Gasteiger partial charge in [-0.15, -0.1) is 0 Å². The summed E-state index contributed by atoms with van der Waals surface area (Å²) in [7, 11) is 1.81. The molecule has 0 aliphatic carbocycles. The van der Waals surface area contributed by atoms with E-state index in [0.29, 0.717) is 12.0 Å². The minimum absolute atomic E-state index is 0.566. The molecule has 1 heterocycles. The number of hydrogen-bond donors (Lipinski definition) is 1. The maximum Gasteiger partial charge on any atom is 0.0491 e. The van der Waals surface area contributed by atoms with Gasteiger partial charge in [-0.25, -0.2) is 0 Å². The van der Waals surface area contributed by atoms with Crippen LogP contribution in [0.1, 0.15) is 40.0 Å².